The molecular weight excluding hydrogens is 108 g/mol. The van der Waals surface area contributed by atoms with Gasteiger partial charge < -0.3 is 5.11 Å². The molecule has 0 radical (unpaired) electrons. The first-order valence-electron chi connectivity index (χ1n) is 2.29. The highest BCUT2D eigenvalue weighted by Crippen LogP contribution is 1.81. The van der Waals surface area contributed by atoms with E-state index in [0.717, 1.165) is 0 Å². The van der Waals surface area contributed by atoms with Crippen molar-refractivity contribution in [2.75, 3.05) is 6.61 Å². The average molecular weight is 116 g/mol. The largest absolute Gasteiger partial charge is 0.389 e. The Morgan fingerprint density at radius 3 is 2.12 bits per heavy atom. The number of aliphatic hydroxyl groups excluding tert-OH is 1. The van der Waals surface area contributed by atoms with Crippen molar-refractivity contribution in [2.24, 2.45) is 0 Å². The van der Waals surface area contributed by atoms with Crippen molar-refractivity contribution in [3.63, 3.8) is 0 Å². The predicted molar refractivity (Wildman–Crippen MR) is 27.4 cm³/mol. The molecule has 0 saturated carbocycles. The summed E-state index contributed by atoms with van der Waals surface area (Å²) in [5.41, 5.74) is 0. The van der Waals surface area contributed by atoms with E-state index in [1.165, 1.54) is 6.92 Å². The third-order valence-corrected chi connectivity index (χ3v) is 0.622. The first-order valence-corrected chi connectivity index (χ1v) is 2.29. The van der Waals surface area contributed by atoms with Gasteiger partial charge >= 0.3 is 0 Å². The SMILES string of the molecule is CC(=O)CC(=O)CO. The van der Waals surface area contributed by atoms with Crippen LogP contribution in [-0.4, -0.2) is 23.3 Å². The van der Waals surface area contributed by atoms with Crippen molar-refractivity contribution in [1.29, 1.82) is 0 Å². The Morgan fingerprint density at radius 2 is 2.00 bits per heavy atom. The molecule has 1 N–H and O–H groups in total. The third-order valence-electron chi connectivity index (χ3n) is 0.622. The summed E-state index contributed by atoms with van der Waals surface area (Å²) in [5, 5.41) is 8.08. The molecule has 0 bridgehead atoms. The second-order valence-electron chi connectivity index (χ2n) is 1.58. The fourth-order valence-corrected chi connectivity index (χ4v) is 0.334. The highest BCUT2D eigenvalue weighted by Gasteiger charge is 2.00. The van der Waals surface area contributed by atoms with Gasteiger partial charge in [-0.2, -0.15) is 0 Å². The molecule has 0 saturated heterocycles. The summed E-state index contributed by atoms with van der Waals surface area (Å²) >= 11 is 0. The minimum atomic E-state index is -0.528. The highest BCUT2D eigenvalue weighted by molar-refractivity contribution is 5.98. The van der Waals surface area contributed by atoms with Crippen LogP contribution in [0.25, 0.3) is 0 Å². The van der Waals surface area contributed by atoms with Gasteiger partial charge in [0.25, 0.3) is 0 Å². The molecule has 0 aromatic heterocycles. The van der Waals surface area contributed by atoms with Gasteiger partial charge in [-0.15, -0.1) is 0 Å². The summed E-state index contributed by atoms with van der Waals surface area (Å²) in [6.45, 7) is 0.785. The summed E-state index contributed by atoms with van der Waals surface area (Å²) < 4.78 is 0. The predicted octanol–water partition coefficient (Wildman–Crippen LogP) is -0.473. The molecule has 0 unspecified atom stereocenters. The van der Waals surface area contributed by atoms with Gasteiger partial charge in [0.15, 0.2) is 5.78 Å². The van der Waals surface area contributed by atoms with Crippen molar-refractivity contribution < 1.29 is 14.7 Å². The second-order valence-corrected chi connectivity index (χ2v) is 1.58. The lowest BCUT2D eigenvalue weighted by Gasteiger charge is -1.87. The van der Waals surface area contributed by atoms with Crippen LogP contribution in [0.4, 0.5) is 0 Å². The maximum Gasteiger partial charge on any atom is 0.165 e. The summed E-state index contributed by atoms with van der Waals surface area (Å²) in [5.74, 6) is -0.624. The smallest absolute Gasteiger partial charge is 0.165 e. The molecule has 0 rings (SSSR count). The minimum Gasteiger partial charge on any atom is -0.389 e. The number of hydrogen-bond acceptors (Lipinski definition) is 3. The number of carbonyl (C=O) groups excluding carboxylic acids is 2. The van der Waals surface area contributed by atoms with Crippen molar-refractivity contribution in [3.8, 4) is 0 Å². The van der Waals surface area contributed by atoms with Crippen LogP contribution in [0, 0.1) is 0 Å². The Labute approximate surface area is 47.3 Å². The van der Waals surface area contributed by atoms with Crippen molar-refractivity contribution in [1.82, 2.24) is 0 Å². The molecule has 0 aliphatic rings. The van der Waals surface area contributed by atoms with E-state index in [1.807, 2.05) is 0 Å². The van der Waals surface area contributed by atoms with E-state index in [0.29, 0.717) is 0 Å². The normalized spacial score (nSPS) is 8.75. The molecule has 0 fully saturated rings. The van der Waals surface area contributed by atoms with Crippen LogP contribution in [0.3, 0.4) is 0 Å². The summed E-state index contributed by atoms with van der Waals surface area (Å²) in [4.78, 5) is 20.2. The zero-order chi connectivity index (χ0) is 6.57. The van der Waals surface area contributed by atoms with Gasteiger partial charge in [0.1, 0.15) is 12.4 Å². The lowest BCUT2D eigenvalue weighted by molar-refractivity contribution is -0.127. The molecule has 0 amide bonds. The zero-order valence-corrected chi connectivity index (χ0v) is 4.68. The number of Topliss-reactive ketones (excluding diaryl/α,β-unsaturated/α-hetero) is 2. The van der Waals surface area contributed by atoms with Crippen LogP contribution in [0.15, 0.2) is 0 Å². The molecule has 8 heavy (non-hydrogen) atoms. The van der Waals surface area contributed by atoms with Crippen LogP contribution in [-0.2, 0) is 9.59 Å². The standard InChI is InChI=1S/C5H8O3/c1-4(7)2-5(8)3-6/h6H,2-3H2,1H3. The number of carbonyl (C=O) groups is 2. The number of ketones is 2. The topological polar surface area (TPSA) is 54.4 Å². The molecule has 3 heteroatoms. The molecular formula is C5H8O3. The van der Waals surface area contributed by atoms with Gasteiger partial charge in [-0.25, -0.2) is 0 Å². The Balaban J connectivity index is 3.40. The van der Waals surface area contributed by atoms with Crippen molar-refractivity contribution in [2.45, 2.75) is 13.3 Å². The maximum atomic E-state index is 10.2. The van der Waals surface area contributed by atoms with Crippen molar-refractivity contribution >= 4 is 11.6 Å². The summed E-state index contributed by atoms with van der Waals surface area (Å²) in [7, 11) is 0. The van der Waals surface area contributed by atoms with Gasteiger partial charge in [0.05, 0.1) is 6.42 Å². The second kappa shape index (κ2) is 3.32. The summed E-state index contributed by atoms with van der Waals surface area (Å²) in [6.07, 6.45) is -0.142. The molecule has 0 aliphatic carbocycles. The molecule has 3 nitrogen and oxygen atoms in total. The summed E-state index contributed by atoms with van der Waals surface area (Å²) in [6, 6.07) is 0. The number of aliphatic hydroxyl groups is 1. The highest BCUT2D eigenvalue weighted by atomic mass is 16.3. The van der Waals surface area contributed by atoms with Gasteiger partial charge in [0, 0.05) is 0 Å². The van der Waals surface area contributed by atoms with Gasteiger partial charge in [0.2, 0.25) is 0 Å². The van der Waals surface area contributed by atoms with E-state index < -0.39 is 12.4 Å². The van der Waals surface area contributed by atoms with Gasteiger partial charge in [-0.1, -0.05) is 0 Å². The van der Waals surface area contributed by atoms with E-state index in [2.05, 4.69) is 0 Å². The molecule has 0 atom stereocenters. The van der Waals surface area contributed by atoms with E-state index in [9.17, 15) is 9.59 Å². The first kappa shape index (κ1) is 7.30. The van der Waals surface area contributed by atoms with Crippen molar-refractivity contribution in [3.05, 3.63) is 0 Å². The Morgan fingerprint density at radius 1 is 1.50 bits per heavy atom. The van der Waals surface area contributed by atoms with Crippen LogP contribution in [0.5, 0.6) is 0 Å². The number of rotatable bonds is 3. The monoisotopic (exact) mass is 116 g/mol. The average Bonchev–Trinajstić information content (AvgIpc) is 1.65. The molecule has 0 spiro atoms. The van der Waals surface area contributed by atoms with Crippen LogP contribution >= 0.6 is 0 Å². The van der Waals surface area contributed by atoms with E-state index in [1.54, 1.807) is 0 Å². The maximum absolute atomic E-state index is 10.2. The Hall–Kier alpha value is -0.700. The van der Waals surface area contributed by atoms with E-state index in [-0.39, 0.29) is 12.2 Å². The quantitative estimate of drug-likeness (QED) is 0.507. The van der Waals surface area contributed by atoms with E-state index in [4.69, 9.17) is 5.11 Å². The van der Waals surface area contributed by atoms with Gasteiger partial charge in [-0.3, -0.25) is 9.59 Å². The Bertz CT molecular complexity index is 106. The Kier molecular flexibility index (Phi) is 3.03. The minimum absolute atomic E-state index is 0.142. The van der Waals surface area contributed by atoms with Crippen LogP contribution < -0.4 is 0 Å². The molecule has 0 aromatic rings. The van der Waals surface area contributed by atoms with E-state index >= 15 is 0 Å². The molecule has 0 aliphatic heterocycles. The lowest BCUT2D eigenvalue weighted by Crippen LogP contribution is -2.07. The van der Waals surface area contributed by atoms with Crippen LogP contribution in [0.1, 0.15) is 13.3 Å². The molecule has 0 aromatic carbocycles. The fraction of sp³-hybridized carbons (Fsp3) is 0.600. The first-order chi connectivity index (χ1) is 3.66. The van der Waals surface area contributed by atoms with Crippen LogP contribution in [0.2, 0.25) is 0 Å². The third kappa shape index (κ3) is 3.49. The number of hydrogen-bond donors (Lipinski definition) is 1. The lowest BCUT2D eigenvalue weighted by atomic mass is 10.2. The van der Waals surface area contributed by atoms with Gasteiger partial charge in [-0.05, 0) is 6.92 Å². The fourth-order valence-electron chi connectivity index (χ4n) is 0.334. The zero-order valence-electron chi connectivity index (χ0n) is 4.68. The molecule has 0 heterocycles. The molecule has 46 valence electrons.